The molecule has 2 atom stereocenters. The number of carbonyl (C=O) groups excluding carboxylic acids is 1. The third kappa shape index (κ3) is 2.50. The fourth-order valence-electron chi connectivity index (χ4n) is 1.14. The van der Waals surface area contributed by atoms with E-state index in [4.69, 9.17) is 10.8 Å². The predicted molar refractivity (Wildman–Crippen MR) is 50.8 cm³/mol. The number of nitrogens with zero attached hydrogens (tertiary/aromatic N) is 1. The van der Waals surface area contributed by atoms with Crippen molar-refractivity contribution in [2.24, 2.45) is 5.73 Å². The number of rotatable bonds is 4. The molecule has 0 aromatic carbocycles. The average molecular weight is 212 g/mol. The van der Waals surface area contributed by atoms with Crippen LogP contribution in [0.4, 0.5) is 0 Å². The van der Waals surface area contributed by atoms with Crippen molar-refractivity contribution in [2.45, 2.75) is 12.2 Å². The van der Waals surface area contributed by atoms with Gasteiger partial charge in [0.05, 0.1) is 17.9 Å². The van der Waals surface area contributed by atoms with E-state index in [9.17, 15) is 15.0 Å². The Kier molecular flexibility index (Phi) is 3.73. The number of primary amides is 1. The van der Waals surface area contributed by atoms with E-state index in [2.05, 4.69) is 4.98 Å². The van der Waals surface area contributed by atoms with Gasteiger partial charge in [0.15, 0.2) is 0 Å². The van der Waals surface area contributed by atoms with Crippen molar-refractivity contribution in [3.63, 3.8) is 0 Å². The van der Waals surface area contributed by atoms with E-state index in [0.29, 0.717) is 0 Å². The van der Waals surface area contributed by atoms with E-state index in [1.54, 1.807) is 0 Å². The van der Waals surface area contributed by atoms with E-state index in [1.165, 1.54) is 18.3 Å². The largest absolute Gasteiger partial charge is 0.394 e. The maximum atomic E-state index is 11.0. The lowest BCUT2D eigenvalue weighted by molar-refractivity contribution is -0.0176. The van der Waals surface area contributed by atoms with Gasteiger partial charge in [0.25, 0.3) is 5.91 Å². The number of nitrogens with two attached hydrogens (primary N) is 1. The Morgan fingerprint density at radius 3 is 2.73 bits per heavy atom. The molecule has 6 heteroatoms. The van der Waals surface area contributed by atoms with E-state index < -0.39 is 24.7 Å². The maximum Gasteiger partial charge on any atom is 0.250 e. The summed E-state index contributed by atoms with van der Waals surface area (Å²) in [7, 11) is 0. The molecule has 1 aromatic heterocycles. The molecule has 0 saturated heterocycles. The minimum Gasteiger partial charge on any atom is -0.394 e. The van der Waals surface area contributed by atoms with Gasteiger partial charge in [-0.2, -0.15) is 0 Å². The van der Waals surface area contributed by atoms with E-state index in [0.717, 1.165) is 0 Å². The van der Waals surface area contributed by atoms with Crippen LogP contribution in [0, 0.1) is 0 Å². The molecule has 2 unspecified atom stereocenters. The molecule has 0 aliphatic carbocycles. The van der Waals surface area contributed by atoms with Crippen LogP contribution in [0.25, 0.3) is 0 Å². The van der Waals surface area contributed by atoms with Gasteiger partial charge in [-0.3, -0.25) is 9.78 Å². The molecule has 0 saturated carbocycles. The second-order valence-electron chi connectivity index (χ2n) is 3.00. The Labute approximate surface area is 86.0 Å². The van der Waals surface area contributed by atoms with Gasteiger partial charge < -0.3 is 21.1 Å². The average Bonchev–Trinajstić information content (AvgIpc) is 2.27. The van der Waals surface area contributed by atoms with Crippen molar-refractivity contribution >= 4 is 5.91 Å². The minimum atomic E-state index is -1.43. The molecule has 0 aliphatic heterocycles. The molecular weight excluding hydrogens is 200 g/mol. The smallest absolute Gasteiger partial charge is 0.250 e. The fraction of sp³-hybridized carbons (Fsp3) is 0.333. The SMILES string of the molecule is NC(=O)c1cccnc1C(O)C(O)CO. The molecule has 82 valence electrons. The van der Waals surface area contributed by atoms with Gasteiger partial charge in [0.1, 0.15) is 12.2 Å². The molecule has 0 fully saturated rings. The van der Waals surface area contributed by atoms with E-state index in [-0.39, 0.29) is 11.3 Å². The molecule has 1 rings (SSSR count). The molecule has 5 N–H and O–H groups in total. The van der Waals surface area contributed by atoms with Crippen LogP contribution in [-0.2, 0) is 0 Å². The molecule has 1 amide bonds. The second-order valence-corrected chi connectivity index (χ2v) is 3.00. The van der Waals surface area contributed by atoms with E-state index >= 15 is 0 Å². The summed E-state index contributed by atoms with van der Waals surface area (Å²) in [6, 6.07) is 2.87. The fourth-order valence-corrected chi connectivity index (χ4v) is 1.14. The molecule has 1 aromatic rings. The first kappa shape index (κ1) is 11.6. The standard InChI is InChI=1S/C9H12N2O4/c10-9(15)5-2-1-3-11-7(5)8(14)6(13)4-12/h1-3,6,8,12-14H,4H2,(H2,10,15). The first-order chi connectivity index (χ1) is 7.07. The van der Waals surface area contributed by atoms with Crippen molar-refractivity contribution in [3.8, 4) is 0 Å². The molecule has 0 aliphatic rings. The number of aliphatic hydroxyl groups excluding tert-OH is 3. The quantitative estimate of drug-likeness (QED) is 0.488. The molecule has 6 nitrogen and oxygen atoms in total. The topological polar surface area (TPSA) is 117 Å². The lowest BCUT2D eigenvalue weighted by Crippen LogP contribution is -2.26. The number of pyridine rings is 1. The third-order valence-corrected chi connectivity index (χ3v) is 1.94. The monoisotopic (exact) mass is 212 g/mol. The highest BCUT2D eigenvalue weighted by molar-refractivity contribution is 5.93. The zero-order chi connectivity index (χ0) is 11.4. The summed E-state index contributed by atoms with van der Waals surface area (Å²) < 4.78 is 0. The molecule has 0 spiro atoms. The zero-order valence-electron chi connectivity index (χ0n) is 7.87. The van der Waals surface area contributed by atoms with Crippen LogP contribution in [0.3, 0.4) is 0 Å². The van der Waals surface area contributed by atoms with Gasteiger partial charge >= 0.3 is 0 Å². The highest BCUT2D eigenvalue weighted by Gasteiger charge is 2.23. The van der Waals surface area contributed by atoms with Crippen molar-refractivity contribution in [3.05, 3.63) is 29.6 Å². The molecule has 1 heterocycles. The Morgan fingerprint density at radius 1 is 1.53 bits per heavy atom. The third-order valence-electron chi connectivity index (χ3n) is 1.94. The van der Waals surface area contributed by atoms with Gasteiger partial charge in [-0.25, -0.2) is 0 Å². The maximum absolute atomic E-state index is 11.0. The predicted octanol–water partition coefficient (Wildman–Crippen LogP) is -1.43. The summed E-state index contributed by atoms with van der Waals surface area (Å²) in [6.07, 6.45) is -1.47. The molecular formula is C9H12N2O4. The van der Waals surface area contributed by atoms with Gasteiger partial charge in [-0.15, -0.1) is 0 Å². The van der Waals surface area contributed by atoms with Gasteiger partial charge in [-0.05, 0) is 12.1 Å². The minimum absolute atomic E-state index is 0.0255. The number of carbonyl (C=O) groups is 1. The van der Waals surface area contributed by atoms with Crippen molar-refractivity contribution in [1.29, 1.82) is 0 Å². The molecule has 15 heavy (non-hydrogen) atoms. The molecule has 0 radical (unpaired) electrons. The summed E-state index contributed by atoms with van der Waals surface area (Å²) in [5.41, 5.74) is 5.05. The summed E-state index contributed by atoms with van der Waals surface area (Å²) in [6.45, 7) is -0.629. The lowest BCUT2D eigenvalue weighted by Gasteiger charge is -2.16. The number of hydrogen-bond acceptors (Lipinski definition) is 5. The Morgan fingerprint density at radius 2 is 2.20 bits per heavy atom. The summed E-state index contributed by atoms with van der Waals surface area (Å²) in [4.78, 5) is 14.7. The highest BCUT2D eigenvalue weighted by Crippen LogP contribution is 2.18. The van der Waals surface area contributed by atoms with Crippen molar-refractivity contribution in [1.82, 2.24) is 4.98 Å². The Hall–Kier alpha value is -1.50. The van der Waals surface area contributed by atoms with Crippen LogP contribution < -0.4 is 5.73 Å². The summed E-state index contributed by atoms with van der Waals surface area (Å²) in [5, 5.41) is 27.4. The van der Waals surface area contributed by atoms with Crippen LogP contribution in [0.1, 0.15) is 22.2 Å². The van der Waals surface area contributed by atoms with Crippen molar-refractivity contribution < 1.29 is 20.1 Å². The lowest BCUT2D eigenvalue weighted by atomic mass is 10.0. The summed E-state index contributed by atoms with van der Waals surface area (Å²) >= 11 is 0. The van der Waals surface area contributed by atoms with E-state index in [1.807, 2.05) is 0 Å². The first-order valence-electron chi connectivity index (χ1n) is 4.29. The van der Waals surface area contributed by atoms with Crippen LogP contribution in [0.5, 0.6) is 0 Å². The zero-order valence-corrected chi connectivity index (χ0v) is 7.87. The van der Waals surface area contributed by atoms with Gasteiger partial charge in [0, 0.05) is 6.20 Å². The highest BCUT2D eigenvalue weighted by atomic mass is 16.4. The van der Waals surface area contributed by atoms with Crippen molar-refractivity contribution in [2.75, 3.05) is 6.61 Å². The number of aromatic nitrogens is 1. The number of aliphatic hydroxyl groups is 3. The van der Waals surface area contributed by atoms with Crippen LogP contribution >= 0.6 is 0 Å². The molecule has 0 bridgehead atoms. The normalized spacial score (nSPS) is 14.6. The Balaban J connectivity index is 3.07. The number of hydrogen-bond donors (Lipinski definition) is 4. The van der Waals surface area contributed by atoms with Crippen LogP contribution in [0.15, 0.2) is 18.3 Å². The van der Waals surface area contributed by atoms with Gasteiger partial charge in [0.2, 0.25) is 0 Å². The van der Waals surface area contributed by atoms with Gasteiger partial charge in [-0.1, -0.05) is 0 Å². The Bertz CT molecular complexity index is 356. The van der Waals surface area contributed by atoms with Crippen LogP contribution in [0.2, 0.25) is 0 Å². The van der Waals surface area contributed by atoms with Crippen LogP contribution in [-0.4, -0.2) is 38.9 Å². The second kappa shape index (κ2) is 4.83. The summed E-state index contributed by atoms with van der Waals surface area (Å²) in [5.74, 6) is -0.748. The first-order valence-corrected chi connectivity index (χ1v) is 4.29. The number of amides is 1.